The van der Waals surface area contributed by atoms with Gasteiger partial charge in [-0.25, -0.2) is 18.4 Å². The van der Waals surface area contributed by atoms with Crippen molar-refractivity contribution >= 4 is 43.6 Å². The molecule has 3 rings (SSSR count). The maximum Gasteiger partial charge on any atom is 0.417 e. The number of fused-ring (bicyclic) bond motifs is 1. The number of hydrogen-bond acceptors (Lipinski definition) is 5. The zero-order valence-electron chi connectivity index (χ0n) is 13.5. The van der Waals surface area contributed by atoms with Crippen molar-refractivity contribution in [2.24, 2.45) is 7.05 Å². The summed E-state index contributed by atoms with van der Waals surface area (Å²) < 4.78 is 65.5. The molecule has 3 aromatic rings. The molecule has 0 aliphatic rings. The van der Waals surface area contributed by atoms with Crippen molar-refractivity contribution in [3.63, 3.8) is 0 Å². The summed E-state index contributed by atoms with van der Waals surface area (Å²) in [7, 11) is -2.06. The van der Waals surface area contributed by atoms with Gasteiger partial charge in [0.05, 0.1) is 16.2 Å². The molecule has 0 radical (unpaired) electrons. The second-order valence-corrected chi connectivity index (χ2v) is 8.95. The number of alkyl halides is 3. The first kappa shape index (κ1) is 19.0. The average Bonchev–Trinajstić information content (AvgIpc) is 2.90. The minimum absolute atomic E-state index is 0.0116. The number of imidazole rings is 1. The van der Waals surface area contributed by atoms with Gasteiger partial charge >= 0.3 is 6.18 Å². The molecule has 0 aliphatic carbocycles. The Bertz CT molecular complexity index is 1110. The van der Waals surface area contributed by atoms with Gasteiger partial charge in [-0.15, -0.1) is 0 Å². The van der Waals surface area contributed by atoms with Crippen molar-refractivity contribution in [3.05, 3.63) is 33.7 Å². The maximum atomic E-state index is 12.9. The normalized spacial score (nSPS) is 12.7. The van der Waals surface area contributed by atoms with Crippen LogP contribution in [-0.4, -0.2) is 33.7 Å². The summed E-state index contributed by atoms with van der Waals surface area (Å²) in [6.45, 7) is 1.51. The van der Waals surface area contributed by atoms with E-state index in [1.165, 1.54) is 23.8 Å². The Kier molecular flexibility index (Phi) is 4.71. The number of rotatable bonds is 3. The Balaban J connectivity index is 2.29. The van der Waals surface area contributed by atoms with E-state index in [1.807, 2.05) is 22.6 Å². The zero-order valence-corrected chi connectivity index (χ0v) is 16.5. The summed E-state index contributed by atoms with van der Waals surface area (Å²) in [6, 6.07) is 2.35. The highest BCUT2D eigenvalue weighted by Gasteiger charge is 2.32. The van der Waals surface area contributed by atoms with Crippen LogP contribution >= 0.6 is 22.6 Å². The Morgan fingerprint density at radius 1 is 1.19 bits per heavy atom. The lowest BCUT2D eigenvalue weighted by Gasteiger charge is -2.09. The van der Waals surface area contributed by atoms with Crippen molar-refractivity contribution in [2.45, 2.75) is 18.0 Å². The van der Waals surface area contributed by atoms with Gasteiger partial charge in [-0.2, -0.15) is 13.2 Å². The van der Waals surface area contributed by atoms with Gasteiger partial charge in [0, 0.05) is 23.0 Å². The second kappa shape index (κ2) is 6.44. The van der Waals surface area contributed by atoms with E-state index in [4.69, 9.17) is 0 Å². The third-order valence-corrected chi connectivity index (χ3v) is 6.11. The number of pyridine rings is 2. The first-order chi connectivity index (χ1) is 12.0. The lowest BCUT2D eigenvalue weighted by Crippen LogP contribution is -2.09. The number of nitrogens with zero attached hydrogens (tertiary/aromatic N) is 4. The van der Waals surface area contributed by atoms with Crippen molar-refractivity contribution in [3.8, 4) is 11.5 Å². The third kappa shape index (κ3) is 3.29. The van der Waals surface area contributed by atoms with E-state index in [0.29, 0.717) is 3.57 Å². The van der Waals surface area contributed by atoms with Gasteiger partial charge in [0.1, 0.15) is 11.2 Å². The maximum absolute atomic E-state index is 12.9. The predicted molar refractivity (Wildman–Crippen MR) is 97.2 cm³/mol. The van der Waals surface area contributed by atoms with Crippen LogP contribution in [0.3, 0.4) is 0 Å². The van der Waals surface area contributed by atoms with Crippen molar-refractivity contribution in [1.29, 1.82) is 0 Å². The smallest absolute Gasteiger partial charge is 0.310 e. The largest absolute Gasteiger partial charge is 0.417 e. The molecule has 0 saturated heterocycles. The summed E-state index contributed by atoms with van der Waals surface area (Å²) in [5.74, 6) is -0.00223. The molecule has 0 atom stereocenters. The molecule has 3 heterocycles. The van der Waals surface area contributed by atoms with Crippen LogP contribution < -0.4 is 0 Å². The molecule has 0 aromatic carbocycles. The van der Waals surface area contributed by atoms with Gasteiger partial charge in [0.25, 0.3) is 0 Å². The van der Waals surface area contributed by atoms with Crippen LogP contribution in [0.2, 0.25) is 0 Å². The highest BCUT2D eigenvalue weighted by Crippen LogP contribution is 2.32. The zero-order chi connectivity index (χ0) is 19.3. The van der Waals surface area contributed by atoms with Crippen LogP contribution in [0.4, 0.5) is 13.2 Å². The molecule has 0 aliphatic heterocycles. The summed E-state index contributed by atoms with van der Waals surface area (Å²) in [5, 5.41) is 0. The van der Waals surface area contributed by atoms with Crippen LogP contribution in [0.1, 0.15) is 12.5 Å². The fraction of sp³-hybridized carbons (Fsp3) is 0.267. The molecular weight excluding hydrogens is 484 g/mol. The molecule has 0 fully saturated rings. The van der Waals surface area contributed by atoms with Crippen molar-refractivity contribution in [1.82, 2.24) is 19.5 Å². The summed E-state index contributed by atoms with van der Waals surface area (Å²) in [4.78, 5) is 12.1. The molecular formula is C15H12F3IN4O2S. The predicted octanol–water partition coefficient (Wildman–Crippen LogP) is 3.45. The SMILES string of the molecule is CCS(=O)(=O)c1cc(I)cnc1-c1nc2cc(C(F)(F)F)cnc2n1C. The summed E-state index contributed by atoms with van der Waals surface area (Å²) in [6.07, 6.45) is -2.35. The van der Waals surface area contributed by atoms with Gasteiger partial charge in [0.2, 0.25) is 0 Å². The molecule has 0 saturated carbocycles. The third-order valence-electron chi connectivity index (χ3n) is 3.78. The van der Waals surface area contributed by atoms with Crippen LogP contribution in [0.5, 0.6) is 0 Å². The first-order valence-electron chi connectivity index (χ1n) is 7.33. The van der Waals surface area contributed by atoms with E-state index in [-0.39, 0.29) is 33.3 Å². The van der Waals surface area contributed by atoms with E-state index in [1.54, 1.807) is 7.05 Å². The summed E-state index contributed by atoms with van der Waals surface area (Å²) >= 11 is 1.94. The Labute approximate surface area is 160 Å². The van der Waals surface area contributed by atoms with E-state index in [2.05, 4.69) is 15.0 Å². The molecule has 0 unspecified atom stereocenters. The number of hydrogen-bond donors (Lipinski definition) is 0. The Morgan fingerprint density at radius 2 is 1.88 bits per heavy atom. The van der Waals surface area contributed by atoms with Gasteiger partial charge in [-0.1, -0.05) is 6.92 Å². The van der Waals surface area contributed by atoms with Gasteiger partial charge in [0.15, 0.2) is 21.3 Å². The number of aryl methyl sites for hydroxylation is 1. The van der Waals surface area contributed by atoms with Crippen molar-refractivity contribution < 1.29 is 21.6 Å². The molecule has 26 heavy (non-hydrogen) atoms. The van der Waals surface area contributed by atoms with Gasteiger partial charge < -0.3 is 4.57 Å². The monoisotopic (exact) mass is 496 g/mol. The van der Waals surface area contributed by atoms with E-state index in [9.17, 15) is 21.6 Å². The highest BCUT2D eigenvalue weighted by atomic mass is 127. The Hall–Kier alpha value is -1.76. The van der Waals surface area contributed by atoms with Crippen LogP contribution in [0.15, 0.2) is 29.4 Å². The van der Waals surface area contributed by atoms with E-state index in [0.717, 1.165) is 12.3 Å². The van der Waals surface area contributed by atoms with Gasteiger partial charge in [-0.3, -0.25) is 4.98 Å². The van der Waals surface area contributed by atoms with Crippen LogP contribution in [0.25, 0.3) is 22.7 Å². The average molecular weight is 496 g/mol. The van der Waals surface area contributed by atoms with E-state index >= 15 is 0 Å². The Morgan fingerprint density at radius 3 is 2.50 bits per heavy atom. The topological polar surface area (TPSA) is 77.7 Å². The minimum Gasteiger partial charge on any atom is -0.310 e. The molecule has 0 N–H and O–H groups in total. The fourth-order valence-corrected chi connectivity index (χ4v) is 4.14. The quantitative estimate of drug-likeness (QED) is 0.520. The first-order valence-corrected chi connectivity index (χ1v) is 10.1. The molecule has 138 valence electrons. The summed E-state index contributed by atoms with van der Waals surface area (Å²) in [5.41, 5.74) is -0.626. The second-order valence-electron chi connectivity index (χ2n) is 5.46. The number of halogens is 4. The van der Waals surface area contributed by atoms with Gasteiger partial charge in [-0.05, 0) is 34.7 Å². The fourth-order valence-electron chi connectivity index (χ4n) is 2.42. The standard InChI is InChI=1S/C15H12F3IN4O2S/c1-3-26(24,25)11-5-9(19)7-20-12(11)14-22-10-4-8(15(16,17)18)6-21-13(10)23(14)2/h4-7H,3H2,1-2H3. The molecule has 0 spiro atoms. The van der Waals surface area contributed by atoms with Crippen molar-refractivity contribution in [2.75, 3.05) is 5.75 Å². The lowest BCUT2D eigenvalue weighted by atomic mass is 10.2. The van der Waals surface area contributed by atoms with E-state index < -0.39 is 21.6 Å². The molecule has 0 amide bonds. The number of aromatic nitrogens is 4. The van der Waals surface area contributed by atoms with Crippen LogP contribution in [0, 0.1) is 3.57 Å². The highest BCUT2D eigenvalue weighted by molar-refractivity contribution is 14.1. The molecule has 6 nitrogen and oxygen atoms in total. The minimum atomic E-state index is -4.54. The number of sulfone groups is 1. The molecule has 11 heteroatoms. The van der Waals surface area contributed by atoms with Crippen LogP contribution in [-0.2, 0) is 23.1 Å². The molecule has 0 bridgehead atoms. The molecule has 3 aromatic heterocycles. The lowest BCUT2D eigenvalue weighted by molar-refractivity contribution is -0.137.